The van der Waals surface area contributed by atoms with E-state index in [-0.39, 0.29) is 16.9 Å². The first-order valence-corrected chi connectivity index (χ1v) is 7.05. The monoisotopic (exact) mass is 291 g/mol. The van der Waals surface area contributed by atoms with E-state index in [2.05, 4.69) is 15.5 Å². The van der Waals surface area contributed by atoms with Gasteiger partial charge in [-0.1, -0.05) is 6.07 Å². The molecule has 1 aromatic carbocycles. The van der Waals surface area contributed by atoms with Crippen LogP contribution in [0.5, 0.6) is 11.5 Å². The second-order valence-electron chi connectivity index (χ2n) is 4.37. The third kappa shape index (κ3) is 2.20. The fraction of sp³-hybridized carbons (Fsp3) is 0.231. The highest BCUT2D eigenvalue weighted by Crippen LogP contribution is 2.42. The molecule has 0 radical (unpaired) electrons. The zero-order chi connectivity index (χ0) is 14.1. The van der Waals surface area contributed by atoms with Gasteiger partial charge >= 0.3 is 0 Å². The van der Waals surface area contributed by atoms with E-state index in [1.807, 2.05) is 6.07 Å². The van der Waals surface area contributed by atoms with Crippen LogP contribution in [0.3, 0.4) is 0 Å². The summed E-state index contributed by atoms with van der Waals surface area (Å²) in [5, 5.41) is 19.4. The number of anilines is 1. The van der Waals surface area contributed by atoms with Crippen LogP contribution in [0.15, 0.2) is 24.4 Å². The molecule has 1 aliphatic heterocycles. The first-order valence-electron chi connectivity index (χ1n) is 6.00. The molecule has 0 fully saturated rings. The lowest BCUT2D eigenvalue weighted by Crippen LogP contribution is -2.12. The van der Waals surface area contributed by atoms with Gasteiger partial charge in [0, 0.05) is 5.56 Å². The topological polar surface area (TPSA) is 87.2 Å². The van der Waals surface area contributed by atoms with E-state index in [9.17, 15) is 9.90 Å². The van der Waals surface area contributed by atoms with Crippen molar-refractivity contribution in [2.75, 3.05) is 18.2 Å². The van der Waals surface area contributed by atoms with Crippen LogP contribution >= 0.6 is 11.8 Å². The molecule has 1 amide bonds. The summed E-state index contributed by atoms with van der Waals surface area (Å²) in [6.45, 7) is 0. The summed E-state index contributed by atoms with van der Waals surface area (Å²) in [5.74, 6) is 1.40. The maximum absolute atomic E-state index is 11.6. The van der Waals surface area contributed by atoms with Gasteiger partial charge in [-0.25, -0.2) is 0 Å². The van der Waals surface area contributed by atoms with Crippen LogP contribution in [0.1, 0.15) is 16.4 Å². The molecule has 0 unspecified atom stereocenters. The van der Waals surface area contributed by atoms with Crippen LogP contribution in [-0.2, 0) is 4.79 Å². The molecule has 3 N–H and O–H groups in total. The predicted octanol–water partition coefficient (Wildman–Crippen LogP) is 1.90. The van der Waals surface area contributed by atoms with Crippen LogP contribution in [0.25, 0.3) is 0 Å². The molecule has 20 heavy (non-hydrogen) atoms. The van der Waals surface area contributed by atoms with E-state index in [1.165, 1.54) is 18.9 Å². The lowest BCUT2D eigenvalue weighted by molar-refractivity contribution is -0.113. The van der Waals surface area contributed by atoms with Crippen LogP contribution in [0.2, 0.25) is 0 Å². The molecule has 0 saturated heterocycles. The molecular formula is C13H13N3O3S. The number of H-pyrrole nitrogens is 1. The Kier molecular flexibility index (Phi) is 3.27. The number of aromatic nitrogens is 2. The van der Waals surface area contributed by atoms with Crippen molar-refractivity contribution in [3.8, 4) is 11.5 Å². The Morgan fingerprint density at radius 3 is 3.10 bits per heavy atom. The van der Waals surface area contributed by atoms with Gasteiger partial charge in [0.1, 0.15) is 5.82 Å². The minimum absolute atomic E-state index is 0.0688. The Bertz CT molecular complexity index is 656. The highest BCUT2D eigenvalue weighted by Gasteiger charge is 2.26. The van der Waals surface area contributed by atoms with E-state index in [0.717, 1.165) is 11.1 Å². The minimum atomic E-state index is -0.0699. The number of nitrogens with one attached hydrogen (secondary N) is 2. The number of hydrogen-bond acceptors (Lipinski definition) is 5. The normalized spacial score (nSPS) is 18.1. The van der Waals surface area contributed by atoms with E-state index in [1.54, 1.807) is 18.3 Å². The number of ether oxygens (including phenoxy) is 1. The number of carbonyl (C=O) groups is 1. The van der Waals surface area contributed by atoms with Crippen molar-refractivity contribution in [2.24, 2.45) is 0 Å². The van der Waals surface area contributed by atoms with Crippen molar-refractivity contribution in [1.82, 2.24) is 10.2 Å². The lowest BCUT2D eigenvalue weighted by Gasteiger charge is -2.15. The van der Waals surface area contributed by atoms with Crippen LogP contribution in [0, 0.1) is 0 Å². The Labute approximate surface area is 119 Å². The fourth-order valence-electron chi connectivity index (χ4n) is 2.16. The van der Waals surface area contributed by atoms with E-state index >= 15 is 0 Å². The molecule has 0 spiro atoms. The van der Waals surface area contributed by atoms with E-state index < -0.39 is 0 Å². The van der Waals surface area contributed by atoms with Crippen molar-refractivity contribution in [2.45, 2.75) is 5.25 Å². The fourth-order valence-corrected chi connectivity index (χ4v) is 3.25. The third-order valence-corrected chi connectivity index (χ3v) is 4.39. The Morgan fingerprint density at radius 2 is 2.35 bits per heavy atom. The predicted molar refractivity (Wildman–Crippen MR) is 76.2 cm³/mol. The maximum Gasteiger partial charge on any atom is 0.235 e. The number of benzene rings is 1. The maximum atomic E-state index is 11.6. The summed E-state index contributed by atoms with van der Waals surface area (Å²) in [4.78, 5) is 11.6. The molecule has 104 valence electrons. The number of phenolic OH excluding ortho intramolecular Hbond substituents is 1. The summed E-state index contributed by atoms with van der Waals surface area (Å²) in [5.41, 5.74) is 1.79. The van der Waals surface area contributed by atoms with Gasteiger partial charge in [-0.3, -0.25) is 9.89 Å². The van der Waals surface area contributed by atoms with Gasteiger partial charge in [0.05, 0.1) is 24.3 Å². The molecule has 1 aromatic heterocycles. The van der Waals surface area contributed by atoms with Crippen LogP contribution in [-0.4, -0.2) is 34.1 Å². The molecule has 2 heterocycles. The number of methoxy groups -OCH3 is 1. The quantitative estimate of drug-likeness (QED) is 0.786. The average molecular weight is 291 g/mol. The van der Waals surface area contributed by atoms with Crippen molar-refractivity contribution < 1.29 is 14.6 Å². The second kappa shape index (κ2) is 5.09. The number of fused-ring (bicyclic) bond motifs is 1. The molecule has 2 aromatic rings. The Morgan fingerprint density at radius 1 is 1.50 bits per heavy atom. The van der Waals surface area contributed by atoms with E-state index in [0.29, 0.717) is 17.3 Å². The molecule has 1 aliphatic rings. The van der Waals surface area contributed by atoms with Gasteiger partial charge in [0.25, 0.3) is 0 Å². The zero-order valence-electron chi connectivity index (χ0n) is 10.7. The molecule has 7 heteroatoms. The molecule has 0 bridgehead atoms. The SMILES string of the molecule is COc1ccc([C@@H]2SCC(=O)Nc3[nH]ncc32)cc1O. The number of aromatic amines is 1. The van der Waals surface area contributed by atoms with Gasteiger partial charge in [-0.05, 0) is 17.7 Å². The standard InChI is InChI=1S/C13H13N3O3S/c1-19-10-3-2-7(4-9(10)17)12-8-5-14-16-13(8)15-11(18)6-20-12/h2-5,12,17H,6H2,1H3,(H2,14,15,16,18)/t12-/m0/s1. The first kappa shape index (κ1) is 12.9. The average Bonchev–Trinajstić information content (AvgIpc) is 2.81. The first-order chi connectivity index (χ1) is 9.69. The lowest BCUT2D eigenvalue weighted by atomic mass is 10.1. The van der Waals surface area contributed by atoms with Crippen LogP contribution < -0.4 is 10.1 Å². The van der Waals surface area contributed by atoms with Gasteiger partial charge < -0.3 is 15.2 Å². The van der Waals surface area contributed by atoms with Crippen molar-refractivity contribution >= 4 is 23.5 Å². The second-order valence-corrected chi connectivity index (χ2v) is 5.46. The number of nitrogens with zero attached hydrogens (tertiary/aromatic N) is 1. The molecule has 1 atom stereocenters. The number of carbonyl (C=O) groups excluding carboxylic acids is 1. The van der Waals surface area contributed by atoms with Crippen molar-refractivity contribution in [3.63, 3.8) is 0 Å². The summed E-state index contributed by atoms with van der Waals surface area (Å²) in [7, 11) is 1.51. The number of thioether (sulfide) groups is 1. The number of aromatic hydroxyl groups is 1. The Balaban J connectivity index is 2.02. The van der Waals surface area contributed by atoms with Gasteiger partial charge in [0.2, 0.25) is 5.91 Å². The molecular weight excluding hydrogens is 278 g/mol. The molecule has 3 rings (SSSR count). The minimum Gasteiger partial charge on any atom is -0.504 e. The smallest absolute Gasteiger partial charge is 0.235 e. The highest BCUT2D eigenvalue weighted by atomic mass is 32.2. The highest BCUT2D eigenvalue weighted by molar-refractivity contribution is 8.00. The number of rotatable bonds is 2. The Hall–Kier alpha value is -2.15. The molecule has 0 aliphatic carbocycles. The molecule has 0 saturated carbocycles. The number of phenols is 1. The largest absolute Gasteiger partial charge is 0.504 e. The van der Waals surface area contributed by atoms with Crippen molar-refractivity contribution in [1.29, 1.82) is 0 Å². The number of hydrogen-bond donors (Lipinski definition) is 3. The van der Waals surface area contributed by atoms with Gasteiger partial charge in [-0.2, -0.15) is 5.10 Å². The summed E-state index contributed by atoms with van der Waals surface area (Å²) >= 11 is 1.49. The zero-order valence-corrected chi connectivity index (χ0v) is 11.5. The summed E-state index contributed by atoms with van der Waals surface area (Å²) in [6, 6.07) is 5.25. The van der Waals surface area contributed by atoms with E-state index in [4.69, 9.17) is 4.74 Å². The number of amides is 1. The van der Waals surface area contributed by atoms with Gasteiger partial charge in [0.15, 0.2) is 11.5 Å². The summed E-state index contributed by atoms with van der Waals surface area (Å²) in [6.07, 6.45) is 1.69. The molecule has 6 nitrogen and oxygen atoms in total. The van der Waals surface area contributed by atoms with Crippen LogP contribution in [0.4, 0.5) is 5.82 Å². The van der Waals surface area contributed by atoms with Gasteiger partial charge in [-0.15, -0.1) is 11.8 Å². The van der Waals surface area contributed by atoms with Crippen molar-refractivity contribution in [3.05, 3.63) is 35.5 Å². The summed E-state index contributed by atoms with van der Waals surface area (Å²) < 4.78 is 5.04. The third-order valence-electron chi connectivity index (χ3n) is 3.10.